The number of phenols is 2. The van der Waals surface area contributed by atoms with Crippen molar-refractivity contribution < 1.29 is 14.9 Å². The number of anilines is 1. The van der Waals surface area contributed by atoms with Crippen LogP contribution in [-0.2, 0) is 6.54 Å². The highest BCUT2D eigenvalue weighted by Crippen LogP contribution is 2.31. The Morgan fingerprint density at radius 1 is 1.14 bits per heavy atom. The molecule has 112 valence electrons. The van der Waals surface area contributed by atoms with Gasteiger partial charge in [0.25, 0.3) is 0 Å². The minimum absolute atomic E-state index is 0.0897. The van der Waals surface area contributed by atoms with Gasteiger partial charge < -0.3 is 20.3 Å². The van der Waals surface area contributed by atoms with Gasteiger partial charge in [0.1, 0.15) is 5.75 Å². The van der Waals surface area contributed by atoms with Crippen molar-refractivity contribution in [3.63, 3.8) is 0 Å². The molecular formula is C17H21NO3. The molecule has 4 nitrogen and oxygen atoms in total. The number of hydrogen-bond acceptors (Lipinski definition) is 4. The molecule has 0 aliphatic carbocycles. The van der Waals surface area contributed by atoms with Crippen molar-refractivity contribution in [1.29, 1.82) is 0 Å². The van der Waals surface area contributed by atoms with Gasteiger partial charge in [0.15, 0.2) is 11.5 Å². The first-order chi connectivity index (χ1) is 10.1. The van der Waals surface area contributed by atoms with Crippen LogP contribution in [0.3, 0.4) is 0 Å². The Morgan fingerprint density at radius 3 is 2.71 bits per heavy atom. The number of rotatable bonds is 6. The summed E-state index contributed by atoms with van der Waals surface area (Å²) in [6.45, 7) is 5.15. The lowest BCUT2D eigenvalue weighted by Gasteiger charge is -2.14. The number of aromatic hydroxyl groups is 2. The van der Waals surface area contributed by atoms with Crippen LogP contribution in [-0.4, -0.2) is 16.8 Å². The van der Waals surface area contributed by atoms with Crippen LogP contribution in [0, 0.1) is 6.92 Å². The molecule has 2 aromatic carbocycles. The van der Waals surface area contributed by atoms with E-state index in [0.29, 0.717) is 18.7 Å². The second-order valence-electron chi connectivity index (χ2n) is 4.99. The van der Waals surface area contributed by atoms with Crippen molar-refractivity contribution in [3.05, 3.63) is 47.5 Å². The minimum atomic E-state index is -0.110. The lowest BCUT2D eigenvalue weighted by Crippen LogP contribution is -2.04. The lowest BCUT2D eigenvalue weighted by molar-refractivity contribution is 0.318. The van der Waals surface area contributed by atoms with Crippen LogP contribution in [0.15, 0.2) is 36.4 Å². The van der Waals surface area contributed by atoms with Gasteiger partial charge in [-0.3, -0.25) is 0 Å². The monoisotopic (exact) mass is 287 g/mol. The summed E-state index contributed by atoms with van der Waals surface area (Å²) in [5.74, 6) is 0.602. The van der Waals surface area contributed by atoms with Gasteiger partial charge in [-0.25, -0.2) is 0 Å². The Kier molecular flexibility index (Phi) is 4.93. The molecule has 0 aliphatic rings. The maximum absolute atomic E-state index is 9.81. The van der Waals surface area contributed by atoms with Gasteiger partial charge in [-0.15, -0.1) is 0 Å². The second kappa shape index (κ2) is 6.88. The van der Waals surface area contributed by atoms with E-state index in [1.807, 2.05) is 25.1 Å². The topological polar surface area (TPSA) is 61.7 Å². The quantitative estimate of drug-likeness (QED) is 0.707. The Hall–Kier alpha value is -2.36. The van der Waals surface area contributed by atoms with Crippen molar-refractivity contribution in [1.82, 2.24) is 0 Å². The molecule has 0 aromatic heterocycles. The van der Waals surface area contributed by atoms with E-state index in [-0.39, 0.29) is 11.5 Å². The summed E-state index contributed by atoms with van der Waals surface area (Å²) in [6.07, 6.45) is 0.945. The SMILES string of the molecule is CCCOc1cc(C)ccc1NCc1cccc(O)c1O. The molecule has 0 fully saturated rings. The number of benzene rings is 2. The molecule has 21 heavy (non-hydrogen) atoms. The van der Waals surface area contributed by atoms with E-state index in [9.17, 15) is 10.2 Å². The number of para-hydroxylation sites is 1. The second-order valence-corrected chi connectivity index (χ2v) is 4.99. The van der Waals surface area contributed by atoms with Crippen molar-refractivity contribution >= 4 is 5.69 Å². The largest absolute Gasteiger partial charge is 0.504 e. The number of ether oxygens (including phenoxy) is 1. The van der Waals surface area contributed by atoms with Crippen molar-refractivity contribution in [2.75, 3.05) is 11.9 Å². The highest BCUT2D eigenvalue weighted by molar-refractivity contribution is 5.58. The predicted octanol–water partition coefficient (Wildman–Crippen LogP) is 3.81. The zero-order chi connectivity index (χ0) is 15.2. The Labute approximate surface area is 125 Å². The molecular weight excluding hydrogens is 266 g/mol. The summed E-state index contributed by atoms with van der Waals surface area (Å²) in [4.78, 5) is 0. The molecule has 4 heteroatoms. The van der Waals surface area contributed by atoms with E-state index in [2.05, 4.69) is 12.2 Å². The molecule has 0 heterocycles. The van der Waals surface area contributed by atoms with Crippen LogP contribution >= 0.6 is 0 Å². The lowest BCUT2D eigenvalue weighted by atomic mass is 10.1. The smallest absolute Gasteiger partial charge is 0.162 e. The maximum atomic E-state index is 9.81. The van der Waals surface area contributed by atoms with E-state index in [0.717, 1.165) is 23.4 Å². The number of nitrogens with one attached hydrogen (secondary N) is 1. The average Bonchev–Trinajstić information content (AvgIpc) is 2.48. The Bertz CT molecular complexity index is 611. The normalized spacial score (nSPS) is 10.4. The van der Waals surface area contributed by atoms with Crippen LogP contribution in [0.5, 0.6) is 17.2 Å². The van der Waals surface area contributed by atoms with Crippen molar-refractivity contribution in [3.8, 4) is 17.2 Å². The summed E-state index contributed by atoms with van der Waals surface area (Å²) in [6, 6.07) is 10.9. The molecule has 2 aromatic rings. The van der Waals surface area contributed by atoms with Gasteiger partial charge in [-0.1, -0.05) is 25.1 Å². The molecule has 0 saturated carbocycles. The molecule has 0 bridgehead atoms. The zero-order valence-corrected chi connectivity index (χ0v) is 12.4. The summed E-state index contributed by atoms with van der Waals surface area (Å²) in [7, 11) is 0. The summed E-state index contributed by atoms with van der Waals surface area (Å²) >= 11 is 0. The van der Waals surface area contributed by atoms with E-state index < -0.39 is 0 Å². The van der Waals surface area contributed by atoms with Gasteiger partial charge in [-0.2, -0.15) is 0 Å². The van der Waals surface area contributed by atoms with E-state index >= 15 is 0 Å². The number of hydrogen-bond donors (Lipinski definition) is 3. The molecule has 0 spiro atoms. The first kappa shape index (κ1) is 15.0. The van der Waals surface area contributed by atoms with Gasteiger partial charge in [0, 0.05) is 12.1 Å². The van der Waals surface area contributed by atoms with Gasteiger partial charge in [0.2, 0.25) is 0 Å². The van der Waals surface area contributed by atoms with Gasteiger partial charge in [0.05, 0.1) is 12.3 Å². The molecule has 2 rings (SSSR count). The highest BCUT2D eigenvalue weighted by Gasteiger charge is 2.08. The third kappa shape index (κ3) is 3.81. The summed E-state index contributed by atoms with van der Waals surface area (Å²) < 4.78 is 5.74. The fourth-order valence-corrected chi connectivity index (χ4v) is 2.02. The minimum Gasteiger partial charge on any atom is -0.504 e. The van der Waals surface area contributed by atoms with Crippen LogP contribution in [0.1, 0.15) is 24.5 Å². The molecule has 3 N–H and O–H groups in total. The Morgan fingerprint density at radius 2 is 1.95 bits per heavy atom. The fourth-order valence-electron chi connectivity index (χ4n) is 2.02. The van der Waals surface area contributed by atoms with Crippen LogP contribution < -0.4 is 10.1 Å². The molecule has 0 amide bonds. The van der Waals surface area contributed by atoms with E-state index in [4.69, 9.17) is 4.74 Å². The van der Waals surface area contributed by atoms with E-state index in [1.54, 1.807) is 12.1 Å². The Balaban J connectivity index is 2.14. The maximum Gasteiger partial charge on any atom is 0.162 e. The highest BCUT2D eigenvalue weighted by atomic mass is 16.5. The molecule has 0 aliphatic heterocycles. The first-order valence-corrected chi connectivity index (χ1v) is 7.09. The number of phenolic OH excluding ortho intramolecular Hbond substituents is 2. The summed E-state index contributed by atoms with van der Waals surface area (Å²) in [5, 5.41) is 22.5. The standard InChI is InChI=1S/C17H21NO3/c1-3-9-21-16-10-12(2)7-8-14(16)18-11-13-5-4-6-15(19)17(13)20/h4-8,10,18-20H,3,9,11H2,1-2H3. The molecule has 0 atom stereocenters. The predicted molar refractivity (Wildman–Crippen MR) is 84.1 cm³/mol. The number of aryl methyl sites for hydroxylation is 1. The average molecular weight is 287 g/mol. The van der Waals surface area contributed by atoms with Gasteiger partial charge in [-0.05, 0) is 37.1 Å². The molecule has 0 saturated heterocycles. The first-order valence-electron chi connectivity index (χ1n) is 7.09. The van der Waals surface area contributed by atoms with Crippen LogP contribution in [0.25, 0.3) is 0 Å². The van der Waals surface area contributed by atoms with E-state index in [1.165, 1.54) is 6.07 Å². The van der Waals surface area contributed by atoms with Crippen LogP contribution in [0.4, 0.5) is 5.69 Å². The third-order valence-corrected chi connectivity index (χ3v) is 3.17. The van der Waals surface area contributed by atoms with Crippen LogP contribution in [0.2, 0.25) is 0 Å². The zero-order valence-electron chi connectivity index (χ0n) is 12.4. The van der Waals surface area contributed by atoms with Crippen molar-refractivity contribution in [2.45, 2.75) is 26.8 Å². The molecule has 0 radical (unpaired) electrons. The molecule has 0 unspecified atom stereocenters. The summed E-state index contributed by atoms with van der Waals surface area (Å²) in [5.41, 5.74) is 2.64. The fraction of sp³-hybridized carbons (Fsp3) is 0.294. The van der Waals surface area contributed by atoms with Crippen molar-refractivity contribution in [2.24, 2.45) is 0 Å². The third-order valence-electron chi connectivity index (χ3n) is 3.17. The van der Waals surface area contributed by atoms with Gasteiger partial charge >= 0.3 is 0 Å².